The van der Waals surface area contributed by atoms with Crippen LogP contribution < -0.4 is 0 Å². The van der Waals surface area contributed by atoms with Crippen molar-refractivity contribution in [2.75, 3.05) is 26.8 Å². The normalized spacial score (nSPS) is 10.8. The van der Waals surface area contributed by atoms with Crippen molar-refractivity contribution in [2.24, 2.45) is 0 Å². The summed E-state index contributed by atoms with van der Waals surface area (Å²) >= 11 is 1.64. The van der Waals surface area contributed by atoms with Crippen molar-refractivity contribution in [2.45, 2.75) is 33.4 Å². The molecule has 0 atom stereocenters. The number of ether oxygens (including phenoxy) is 1. The van der Waals surface area contributed by atoms with E-state index >= 15 is 0 Å². The second-order valence-corrected chi connectivity index (χ2v) is 9.70. The first-order valence-electron chi connectivity index (χ1n) is 11.3. The van der Waals surface area contributed by atoms with E-state index in [4.69, 9.17) is 4.74 Å². The summed E-state index contributed by atoms with van der Waals surface area (Å²) in [5, 5.41) is 0. The molecule has 0 bridgehead atoms. The first-order valence-corrected chi connectivity index (χ1v) is 12.1. The third-order valence-corrected chi connectivity index (χ3v) is 6.46. The number of amides is 2. The van der Waals surface area contributed by atoms with Crippen LogP contribution in [0, 0.1) is 19.7 Å². The van der Waals surface area contributed by atoms with E-state index in [9.17, 15) is 14.0 Å². The second kappa shape index (κ2) is 12.4. The van der Waals surface area contributed by atoms with Gasteiger partial charge in [0.1, 0.15) is 12.4 Å². The number of thiophene rings is 1. The highest BCUT2D eigenvalue weighted by molar-refractivity contribution is 7.11. The second-order valence-electron chi connectivity index (χ2n) is 8.33. The van der Waals surface area contributed by atoms with E-state index in [0.29, 0.717) is 38.2 Å². The Morgan fingerprint density at radius 2 is 1.62 bits per heavy atom. The minimum absolute atomic E-state index is 0.0397. The van der Waals surface area contributed by atoms with Crippen molar-refractivity contribution < 1.29 is 18.7 Å². The van der Waals surface area contributed by atoms with E-state index in [-0.39, 0.29) is 24.2 Å². The minimum Gasteiger partial charge on any atom is -0.385 e. The molecule has 34 heavy (non-hydrogen) atoms. The van der Waals surface area contributed by atoms with Crippen LogP contribution in [0.1, 0.15) is 37.7 Å². The fourth-order valence-corrected chi connectivity index (χ4v) is 4.50. The maximum Gasteiger partial charge on any atom is 0.254 e. The molecule has 0 unspecified atom stereocenters. The summed E-state index contributed by atoms with van der Waals surface area (Å²) < 4.78 is 18.5. The van der Waals surface area contributed by atoms with E-state index in [0.717, 1.165) is 16.0 Å². The van der Waals surface area contributed by atoms with Crippen molar-refractivity contribution in [3.63, 3.8) is 0 Å². The lowest BCUT2D eigenvalue weighted by Gasteiger charge is -2.28. The van der Waals surface area contributed by atoms with E-state index in [1.165, 1.54) is 17.0 Å². The number of carbonyl (C=O) groups excluding carboxylic acids is 2. The Balaban J connectivity index is 1.80. The smallest absolute Gasteiger partial charge is 0.254 e. The zero-order chi connectivity index (χ0) is 24.5. The molecule has 0 aliphatic heterocycles. The van der Waals surface area contributed by atoms with Crippen LogP contribution in [0.4, 0.5) is 4.39 Å². The number of benzene rings is 2. The molecular formula is C27H31FN2O3S. The minimum atomic E-state index is -0.316. The van der Waals surface area contributed by atoms with Crippen LogP contribution in [0.2, 0.25) is 0 Å². The predicted octanol–water partition coefficient (Wildman–Crippen LogP) is 5.21. The number of nitrogens with zero attached hydrogens (tertiary/aromatic N) is 2. The molecule has 0 saturated heterocycles. The first-order chi connectivity index (χ1) is 16.4. The van der Waals surface area contributed by atoms with Crippen LogP contribution in [0.15, 0.2) is 60.7 Å². The lowest BCUT2D eigenvalue weighted by Crippen LogP contribution is -2.43. The van der Waals surface area contributed by atoms with Gasteiger partial charge in [0.2, 0.25) is 5.91 Å². The van der Waals surface area contributed by atoms with Crippen LogP contribution in [-0.4, -0.2) is 48.4 Å². The maximum absolute atomic E-state index is 13.5. The van der Waals surface area contributed by atoms with Crippen LogP contribution >= 0.6 is 11.3 Å². The Hall–Kier alpha value is -3.03. The molecule has 0 fully saturated rings. The average Bonchev–Trinajstić information content (AvgIpc) is 3.24. The third-order valence-electron chi connectivity index (χ3n) is 5.47. The van der Waals surface area contributed by atoms with Crippen LogP contribution in [0.5, 0.6) is 0 Å². The zero-order valence-corrected chi connectivity index (χ0v) is 20.7. The number of hydrogen-bond donors (Lipinski definition) is 0. The maximum atomic E-state index is 13.5. The van der Waals surface area contributed by atoms with Gasteiger partial charge in [-0.2, -0.15) is 0 Å². The Kier molecular flexibility index (Phi) is 9.36. The van der Waals surface area contributed by atoms with Crippen molar-refractivity contribution in [3.8, 4) is 0 Å². The summed E-state index contributed by atoms with van der Waals surface area (Å²) in [5.41, 5.74) is 2.45. The molecule has 0 radical (unpaired) electrons. The summed E-state index contributed by atoms with van der Waals surface area (Å²) in [6.07, 6.45) is 0.628. The molecule has 180 valence electrons. The van der Waals surface area contributed by atoms with Crippen LogP contribution in [0.3, 0.4) is 0 Å². The van der Waals surface area contributed by atoms with Crippen LogP contribution in [-0.2, 0) is 22.6 Å². The number of aryl methyl sites for hydroxylation is 2. The molecule has 0 saturated carbocycles. The van der Waals surface area contributed by atoms with Gasteiger partial charge in [0.25, 0.3) is 5.91 Å². The highest BCUT2D eigenvalue weighted by atomic mass is 32.1. The highest BCUT2D eigenvalue weighted by Crippen LogP contribution is 2.19. The number of methoxy groups -OCH3 is 1. The molecule has 3 aromatic rings. The topological polar surface area (TPSA) is 49.9 Å². The molecule has 0 spiro atoms. The van der Waals surface area contributed by atoms with Crippen molar-refractivity contribution >= 4 is 23.2 Å². The van der Waals surface area contributed by atoms with Gasteiger partial charge in [-0.05, 0) is 62.2 Å². The molecule has 5 nitrogen and oxygen atoms in total. The molecule has 2 amide bonds. The quantitative estimate of drug-likeness (QED) is 0.353. The molecule has 0 aliphatic rings. The number of hydrogen-bond acceptors (Lipinski definition) is 4. The fourth-order valence-electron chi connectivity index (χ4n) is 3.59. The largest absolute Gasteiger partial charge is 0.385 e. The third kappa shape index (κ3) is 7.50. The van der Waals surface area contributed by atoms with E-state index in [1.807, 2.05) is 38.1 Å². The Morgan fingerprint density at radius 1 is 0.912 bits per heavy atom. The van der Waals surface area contributed by atoms with Crippen LogP contribution in [0.25, 0.3) is 0 Å². The number of carbonyl (C=O) groups is 2. The summed E-state index contributed by atoms with van der Waals surface area (Å²) in [4.78, 5) is 32.3. The lowest BCUT2D eigenvalue weighted by atomic mass is 10.1. The summed E-state index contributed by atoms with van der Waals surface area (Å²) in [6.45, 7) is 5.63. The van der Waals surface area contributed by atoms with E-state index < -0.39 is 0 Å². The molecule has 1 heterocycles. The monoisotopic (exact) mass is 482 g/mol. The molecule has 3 rings (SSSR count). The SMILES string of the molecule is COCCCN(CC(=O)N(Cc1ccc(F)cc1)Cc1ccc(C)s1)C(=O)c1ccc(C)cc1. The van der Waals surface area contributed by atoms with E-state index in [1.54, 1.807) is 52.5 Å². The fraction of sp³-hybridized carbons (Fsp3) is 0.333. The van der Waals surface area contributed by atoms with Gasteiger partial charge in [-0.25, -0.2) is 4.39 Å². The highest BCUT2D eigenvalue weighted by Gasteiger charge is 2.23. The molecule has 7 heteroatoms. The van der Waals surface area contributed by atoms with E-state index in [2.05, 4.69) is 0 Å². The van der Waals surface area contributed by atoms with Gasteiger partial charge in [-0.15, -0.1) is 11.3 Å². The van der Waals surface area contributed by atoms with Gasteiger partial charge in [-0.1, -0.05) is 29.8 Å². The van der Waals surface area contributed by atoms with Gasteiger partial charge >= 0.3 is 0 Å². The Bertz CT molecular complexity index is 1080. The predicted molar refractivity (Wildman–Crippen MR) is 133 cm³/mol. The van der Waals surface area contributed by atoms with Crippen molar-refractivity contribution in [1.29, 1.82) is 0 Å². The number of halogens is 1. The summed E-state index contributed by atoms with van der Waals surface area (Å²) in [5.74, 6) is -0.657. The Labute approximate surface area is 204 Å². The van der Waals surface area contributed by atoms with Gasteiger partial charge in [-0.3, -0.25) is 9.59 Å². The first kappa shape index (κ1) is 25.6. The molecule has 1 aromatic heterocycles. The van der Waals surface area contributed by atoms with Crippen molar-refractivity contribution in [3.05, 3.63) is 92.9 Å². The van der Waals surface area contributed by atoms with Gasteiger partial charge < -0.3 is 14.5 Å². The zero-order valence-electron chi connectivity index (χ0n) is 19.9. The molecule has 2 aromatic carbocycles. The van der Waals surface area contributed by atoms with Gasteiger partial charge in [0.05, 0.1) is 6.54 Å². The average molecular weight is 483 g/mol. The van der Waals surface area contributed by atoms with Crippen molar-refractivity contribution in [1.82, 2.24) is 9.80 Å². The number of rotatable bonds is 11. The summed E-state index contributed by atoms with van der Waals surface area (Å²) in [6, 6.07) is 17.6. The molecular weight excluding hydrogens is 451 g/mol. The molecule has 0 N–H and O–H groups in total. The Morgan fingerprint density at radius 3 is 2.24 bits per heavy atom. The van der Waals surface area contributed by atoms with Gasteiger partial charge in [0.15, 0.2) is 0 Å². The van der Waals surface area contributed by atoms with Gasteiger partial charge in [0, 0.05) is 42.1 Å². The summed E-state index contributed by atoms with van der Waals surface area (Å²) in [7, 11) is 1.62. The standard InChI is InChI=1S/C27H31FN2O3S/c1-20-5-10-23(11-6-20)27(32)29(15-4-16-33-3)19-26(31)30(18-25-14-7-21(2)34-25)17-22-8-12-24(28)13-9-22/h5-14H,4,15-19H2,1-3H3. The lowest BCUT2D eigenvalue weighted by molar-refractivity contribution is -0.133. The molecule has 0 aliphatic carbocycles.